The molecule has 7 heteroatoms. The first-order valence-electron chi connectivity index (χ1n) is 11.5. The maximum atomic E-state index is 13.8. The van der Waals surface area contributed by atoms with E-state index >= 15 is 0 Å². The molecule has 2 atom stereocenters. The summed E-state index contributed by atoms with van der Waals surface area (Å²) in [5.41, 5.74) is 8.94. The summed E-state index contributed by atoms with van der Waals surface area (Å²) in [7, 11) is 1.58. The quantitative estimate of drug-likeness (QED) is 0.453. The lowest BCUT2D eigenvalue weighted by atomic mass is 9.90. The van der Waals surface area contributed by atoms with Crippen molar-refractivity contribution in [2.75, 3.05) is 20.3 Å². The topological polar surface area (TPSA) is 89.4 Å². The lowest BCUT2D eigenvalue weighted by Gasteiger charge is -2.30. The number of carbonyl (C=O) groups excluding carboxylic acids is 1. The fourth-order valence-electron chi connectivity index (χ4n) is 4.85. The van der Waals surface area contributed by atoms with Gasteiger partial charge >= 0.3 is 0 Å². The summed E-state index contributed by atoms with van der Waals surface area (Å²) in [6, 6.07) is 8.33. The van der Waals surface area contributed by atoms with Crippen LogP contribution < -0.4 is 20.5 Å². The summed E-state index contributed by atoms with van der Waals surface area (Å²) in [5, 5.41) is 4.58. The van der Waals surface area contributed by atoms with E-state index in [1.165, 1.54) is 6.07 Å². The third-order valence-electron chi connectivity index (χ3n) is 6.33. The highest BCUT2D eigenvalue weighted by Gasteiger charge is 2.27. The number of primary amides is 1. The Bertz CT molecular complexity index is 1140. The molecule has 0 saturated carbocycles. The molecule has 0 saturated heterocycles. The van der Waals surface area contributed by atoms with Gasteiger partial charge in [-0.25, -0.2) is 4.39 Å². The molecule has 1 aliphatic heterocycles. The molecule has 4 N–H and O–H groups in total. The zero-order chi connectivity index (χ0) is 23.5. The van der Waals surface area contributed by atoms with Crippen LogP contribution >= 0.6 is 0 Å². The van der Waals surface area contributed by atoms with E-state index in [-0.39, 0.29) is 11.9 Å². The Hall–Kier alpha value is -3.06. The number of methoxy groups -OCH3 is 1. The van der Waals surface area contributed by atoms with Gasteiger partial charge in [0.05, 0.1) is 7.11 Å². The number of nitrogens with one attached hydrogen (secondary N) is 2. The molecule has 0 bridgehead atoms. The Morgan fingerprint density at radius 1 is 1.33 bits per heavy atom. The van der Waals surface area contributed by atoms with Gasteiger partial charge in [-0.2, -0.15) is 0 Å². The van der Waals surface area contributed by atoms with E-state index in [9.17, 15) is 9.18 Å². The molecular formula is C26H32FN3O3. The van der Waals surface area contributed by atoms with Crippen LogP contribution in [0.4, 0.5) is 4.39 Å². The average molecular weight is 454 g/mol. The van der Waals surface area contributed by atoms with E-state index in [1.807, 2.05) is 6.20 Å². The largest absolute Gasteiger partial charge is 0.493 e. The van der Waals surface area contributed by atoms with E-state index in [0.717, 1.165) is 41.4 Å². The third-order valence-corrected chi connectivity index (χ3v) is 6.33. The minimum atomic E-state index is -0.470. The standard InChI is InChI=1S/C26H32FN3O3/c1-15(2)8-16(9-17-13-30-23-6-4-18(27)10-21(17)23)12-29-19-11-22-20(26(28)31)5-7-24(32-3)25(22)33-14-19/h4-7,10,13,15-16,19,29-30H,8-9,11-12,14H2,1-3H3,(H2,28,31). The molecule has 0 spiro atoms. The van der Waals surface area contributed by atoms with Crippen LogP contribution in [-0.2, 0) is 12.8 Å². The van der Waals surface area contributed by atoms with E-state index in [0.29, 0.717) is 41.9 Å². The SMILES string of the molecule is COc1ccc(C(N)=O)c2c1OCC(NCC(Cc1c[nH]c3ccc(F)cc13)CC(C)C)C2. The third kappa shape index (κ3) is 5.14. The minimum absolute atomic E-state index is 0.0535. The average Bonchev–Trinajstić information content (AvgIpc) is 3.17. The molecule has 1 amide bonds. The number of hydrogen-bond donors (Lipinski definition) is 3. The number of aromatic nitrogens is 1. The van der Waals surface area contributed by atoms with Crippen molar-refractivity contribution in [3.8, 4) is 11.5 Å². The number of carbonyl (C=O) groups is 1. The van der Waals surface area contributed by atoms with Crippen molar-refractivity contribution in [3.05, 3.63) is 59.0 Å². The highest BCUT2D eigenvalue weighted by atomic mass is 19.1. The highest BCUT2D eigenvalue weighted by Crippen LogP contribution is 2.37. The number of aromatic amines is 1. The molecule has 1 aromatic heterocycles. The van der Waals surface area contributed by atoms with E-state index < -0.39 is 5.91 Å². The summed E-state index contributed by atoms with van der Waals surface area (Å²) in [4.78, 5) is 15.2. The monoisotopic (exact) mass is 453 g/mol. The van der Waals surface area contributed by atoms with Gasteiger partial charge in [0.25, 0.3) is 0 Å². The summed E-state index contributed by atoms with van der Waals surface area (Å²) >= 11 is 0. The Kier molecular flexibility index (Phi) is 6.88. The first kappa shape index (κ1) is 23.1. The van der Waals surface area contributed by atoms with Crippen molar-refractivity contribution in [1.82, 2.24) is 10.3 Å². The zero-order valence-electron chi connectivity index (χ0n) is 19.4. The number of nitrogens with two attached hydrogens (primary N) is 1. The minimum Gasteiger partial charge on any atom is -0.493 e. The second-order valence-electron chi connectivity index (χ2n) is 9.31. The maximum Gasteiger partial charge on any atom is 0.249 e. The van der Waals surface area contributed by atoms with Crippen LogP contribution in [0.2, 0.25) is 0 Å². The van der Waals surface area contributed by atoms with Gasteiger partial charge in [0.2, 0.25) is 5.91 Å². The van der Waals surface area contributed by atoms with Crippen LogP contribution in [0.5, 0.6) is 11.5 Å². The normalized spacial score (nSPS) is 16.5. The molecule has 2 unspecified atom stereocenters. The molecule has 1 aliphatic rings. The van der Waals surface area contributed by atoms with E-state index in [1.54, 1.807) is 31.4 Å². The molecule has 4 rings (SSSR count). The van der Waals surface area contributed by atoms with Crippen LogP contribution in [0.1, 0.15) is 41.8 Å². The molecular weight excluding hydrogens is 421 g/mol. The van der Waals surface area contributed by atoms with E-state index in [2.05, 4.69) is 24.1 Å². The van der Waals surface area contributed by atoms with Crippen LogP contribution in [0.3, 0.4) is 0 Å². The predicted octanol–water partition coefficient (Wildman–Crippen LogP) is 4.21. The number of halogens is 1. The van der Waals surface area contributed by atoms with Crippen LogP contribution in [0.25, 0.3) is 10.9 Å². The van der Waals surface area contributed by atoms with Crippen LogP contribution in [0, 0.1) is 17.7 Å². The molecule has 6 nitrogen and oxygen atoms in total. The van der Waals surface area contributed by atoms with Crippen molar-refractivity contribution in [3.63, 3.8) is 0 Å². The van der Waals surface area contributed by atoms with Crippen molar-refractivity contribution in [2.24, 2.45) is 17.6 Å². The zero-order valence-corrected chi connectivity index (χ0v) is 19.4. The molecule has 0 fully saturated rings. The number of amides is 1. The Morgan fingerprint density at radius 3 is 2.88 bits per heavy atom. The predicted molar refractivity (Wildman–Crippen MR) is 127 cm³/mol. The van der Waals surface area contributed by atoms with Gasteiger partial charge in [0.15, 0.2) is 11.5 Å². The number of fused-ring (bicyclic) bond motifs is 2. The molecule has 0 aliphatic carbocycles. The Labute approximate surface area is 193 Å². The van der Waals surface area contributed by atoms with Crippen LogP contribution in [0.15, 0.2) is 36.5 Å². The van der Waals surface area contributed by atoms with Crippen molar-refractivity contribution >= 4 is 16.8 Å². The second-order valence-corrected chi connectivity index (χ2v) is 9.31. The number of rotatable bonds is 9. The summed E-state index contributed by atoms with van der Waals surface area (Å²) in [5.74, 6) is 1.43. The molecule has 3 aromatic rings. The van der Waals surface area contributed by atoms with Gasteiger partial charge in [0, 0.05) is 34.3 Å². The molecule has 2 heterocycles. The first-order valence-corrected chi connectivity index (χ1v) is 11.5. The van der Waals surface area contributed by atoms with Gasteiger partial charge in [0.1, 0.15) is 12.4 Å². The summed E-state index contributed by atoms with van der Waals surface area (Å²) in [6.45, 7) is 5.71. The van der Waals surface area contributed by atoms with Gasteiger partial charge < -0.3 is 25.5 Å². The molecule has 2 aromatic carbocycles. The number of ether oxygens (including phenoxy) is 2. The number of benzene rings is 2. The molecule has 33 heavy (non-hydrogen) atoms. The van der Waals surface area contributed by atoms with E-state index in [4.69, 9.17) is 15.2 Å². The van der Waals surface area contributed by atoms with Gasteiger partial charge in [-0.05, 0) is 73.5 Å². The fourth-order valence-corrected chi connectivity index (χ4v) is 4.85. The van der Waals surface area contributed by atoms with Crippen LogP contribution in [-0.4, -0.2) is 37.2 Å². The lowest BCUT2D eigenvalue weighted by molar-refractivity contribution is 0.0997. The van der Waals surface area contributed by atoms with Crippen molar-refractivity contribution in [2.45, 2.75) is 39.2 Å². The number of H-pyrrole nitrogens is 1. The van der Waals surface area contributed by atoms with Gasteiger partial charge in [-0.15, -0.1) is 0 Å². The molecule has 176 valence electrons. The fraction of sp³-hybridized carbons (Fsp3) is 0.423. The van der Waals surface area contributed by atoms with Gasteiger partial charge in [-0.1, -0.05) is 13.8 Å². The van der Waals surface area contributed by atoms with Gasteiger partial charge in [-0.3, -0.25) is 4.79 Å². The Morgan fingerprint density at radius 2 is 2.15 bits per heavy atom. The first-order chi connectivity index (χ1) is 15.9. The van der Waals surface area contributed by atoms with Crippen molar-refractivity contribution in [1.29, 1.82) is 0 Å². The summed E-state index contributed by atoms with van der Waals surface area (Å²) < 4.78 is 25.2. The highest BCUT2D eigenvalue weighted by molar-refractivity contribution is 5.95. The second kappa shape index (κ2) is 9.83. The summed E-state index contributed by atoms with van der Waals surface area (Å²) in [6.07, 6.45) is 4.51. The lowest BCUT2D eigenvalue weighted by Crippen LogP contribution is -2.42. The Balaban J connectivity index is 1.48. The number of hydrogen-bond acceptors (Lipinski definition) is 4. The van der Waals surface area contributed by atoms with Crippen molar-refractivity contribution < 1.29 is 18.7 Å². The maximum absolute atomic E-state index is 13.8. The smallest absolute Gasteiger partial charge is 0.249 e. The molecule has 0 radical (unpaired) electrons.